The van der Waals surface area contributed by atoms with Crippen LogP contribution in [0.4, 0.5) is 17.6 Å². The van der Waals surface area contributed by atoms with Crippen molar-refractivity contribution in [3.8, 4) is 0 Å². The molecular formula is C15H22F4N4. The number of nitrogens with zero attached hydrogens (tertiary/aromatic N) is 2. The Hall–Kier alpha value is -1.83. The van der Waals surface area contributed by atoms with E-state index in [2.05, 4.69) is 15.6 Å². The highest BCUT2D eigenvalue weighted by molar-refractivity contribution is 5.79. The van der Waals surface area contributed by atoms with Crippen molar-refractivity contribution in [3.05, 3.63) is 35.6 Å². The SMILES string of the molecule is CN=C(NCCCN(C)CC(F)(F)F)NCc1cccc(F)c1. The molecule has 0 aromatic heterocycles. The standard InChI is InChI=1S/C15H22F4N4/c1-20-14(22-10-12-5-3-6-13(16)9-12)21-7-4-8-23(2)11-15(17,18)19/h3,5-6,9H,4,7-8,10-11H2,1-2H3,(H2,20,21,22). The molecule has 0 atom stereocenters. The van der Waals surface area contributed by atoms with Crippen LogP contribution in [0.3, 0.4) is 0 Å². The van der Waals surface area contributed by atoms with E-state index in [4.69, 9.17) is 0 Å². The molecule has 0 aliphatic heterocycles. The molecule has 130 valence electrons. The number of guanidine groups is 1. The summed E-state index contributed by atoms with van der Waals surface area (Å²) in [5, 5.41) is 6.03. The van der Waals surface area contributed by atoms with Crippen LogP contribution in [0.1, 0.15) is 12.0 Å². The van der Waals surface area contributed by atoms with Gasteiger partial charge in [-0.1, -0.05) is 12.1 Å². The van der Waals surface area contributed by atoms with Crippen LogP contribution < -0.4 is 10.6 Å². The number of nitrogens with one attached hydrogen (secondary N) is 2. The average molecular weight is 334 g/mol. The average Bonchev–Trinajstić information content (AvgIpc) is 2.44. The molecule has 0 spiro atoms. The molecule has 2 N–H and O–H groups in total. The number of halogens is 4. The second kappa shape index (κ2) is 9.34. The van der Waals surface area contributed by atoms with Crippen molar-refractivity contribution in [2.75, 3.05) is 33.7 Å². The van der Waals surface area contributed by atoms with Crippen molar-refractivity contribution in [2.45, 2.75) is 19.1 Å². The van der Waals surface area contributed by atoms with Gasteiger partial charge >= 0.3 is 6.18 Å². The monoisotopic (exact) mass is 334 g/mol. The minimum Gasteiger partial charge on any atom is -0.356 e. The molecule has 0 saturated heterocycles. The number of rotatable bonds is 7. The van der Waals surface area contributed by atoms with E-state index in [-0.39, 0.29) is 5.82 Å². The Bertz CT molecular complexity index is 502. The highest BCUT2D eigenvalue weighted by atomic mass is 19.4. The van der Waals surface area contributed by atoms with Gasteiger partial charge in [-0.15, -0.1) is 0 Å². The highest BCUT2D eigenvalue weighted by Crippen LogP contribution is 2.15. The van der Waals surface area contributed by atoms with Crippen molar-refractivity contribution >= 4 is 5.96 Å². The van der Waals surface area contributed by atoms with Crippen LogP contribution in [-0.2, 0) is 6.54 Å². The first-order valence-electron chi connectivity index (χ1n) is 7.24. The zero-order valence-corrected chi connectivity index (χ0v) is 13.3. The maximum absolute atomic E-state index is 13.1. The molecule has 0 heterocycles. The Labute approximate surface area is 133 Å². The zero-order valence-electron chi connectivity index (χ0n) is 13.3. The third-order valence-corrected chi connectivity index (χ3v) is 3.03. The van der Waals surface area contributed by atoms with Gasteiger partial charge in [-0.3, -0.25) is 9.89 Å². The number of hydrogen-bond acceptors (Lipinski definition) is 2. The van der Waals surface area contributed by atoms with Gasteiger partial charge in [0, 0.05) is 20.1 Å². The summed E-state index contributed by atoms with van der Waals surface area (Å²) >= 11 is 0. The fraction of sp³-hybridized carbons (Fsp3) is 0.533. The topological polar surface area (TPSA) is 39.7 Å². The van der Waals surface area contributed by atoms with Gasteiger partial charge in [0.05, 0.1) is 6.54 Å². The van der Waals surface area contributed by atoms with Gasteiger partial charge in [-0.25, -0.2) is 4.39 Å². The van der Waals surface area contributed by atoms with Crippen molar-refractivity contribution < 1.29 is 17.6 Å². The quantitative estimate of drug-likeness (QED) is 0.348. The molecule has 0 amide bonds. The van der Waals surface area contributed by atoms with Crippen molar-refractivity contribution in [1.82, 2.24) is 15.5 Å². The zero-order chi connectivity index (χ0) is 17.3. The van der Waals surface area contributed by atoms with Crippen LogP contribution in [0.2, 0.25) is 0 Å². The first kappa shape index (κ1) is 19.2. The van der Waals surface area contributed by atoms with E-state index >= 15 is 0 Å². The molecule has 4 nitrogen and oxygen atoms in total. The maximum Gasteiger partial charge on any atom is 0.401 e. The number of aliphatic imine (C=N–C) groups is 1. The van der Waals surface area contributed by atoms with E-state index in [1.54, 1.807) is 19.2 Å². The highest BCUT2D eigenvalue weighted by Gasteiger charge is 2.28. The lowest BCUT2D eigenvalue weighted by atomic mass is 10.2. The van der Waals surface area contributed by atoms with Gasteiger partial charge in [-0.05, 0) is 37.7 Å². The minimum atomic E-state index is -4.18. The summed E-state index contributed by atoms with van der Waals surface area (Å²) in [4.78, 5) is 5.24. The van der Waals surface area contributed by atoms with E-state index < -0.39 is 12.7 Å². The second-order valence-electron chi connectivity index (χ2n) is 5.19. The van der Waals surface area contributed by atoms with E-state index in [0.29, 0.717) is 32.0 Å². The van der Waals surface area contributed by atoms with Crippen molar-refractivity contribution in [2.24, 2.45) is 4.99 Å². The molecule has 1 aromatic rings. The number of hydrogen-bond donors (Lipinski definition) is 2. The van der Waals surface area contributed by atoms with E-state index in [0.717, 1.165) is 5.56 Å². The molecule has 0 fully saturated rings. The summed E-state index contributed by atoms with van der Waals surface area (Å²) in [7, 11) is 3.03. The molecular weight excluding hydrogens is 312 g/mol. The fourth-order valence-electron chi connectivity index (χ4n) is 1.99. The normalized spacial score (nSPS) is 12.6. The number of benzene rings is 1. The summed E-state index contributed by atoms with van der Waals surface area (Å²) in [5.41, 5.74) is 0.776. The predicted octanol–water partition coefficient (Wildman–Crippen LogP) is 2.37. The smallest absolute Gasteiger partial charge is 0.356 e. The molecule has 0 bridgehead atoms. The van der Waals surface area contributed by atoms with Crippen molar-refractivity contribution in [1.29, 1.82) is 0 Å². The Morgan fingerprint density at radius 2 is 2.00 bits per heavy atom. The third-order valence-electron chi connectivity index (χ3n) is 3.03. The summed E-state index contributed by atoms with van der Waals surface area (Å²) in [5.74, 6) is 0.215. The second-order valence-corrected chi connectivity index (χ2v) is 5.19. The van der Waals surface area contributed by atoms with Crippen LogP contribution in [0.15, 0.2) is 29.3 Å². The lowest BCUT2D eigenvalue weighted by molar-refractivity contribution is -0.143. The number of alkyl halides is 3. The first-order valence-corrected chi connectivity index (χ1v) is 7.24. The third kappa shape index (κ3) is 9.02. The van der Waals surface area contributed by atoms with E-state index in [1.165, 1.54) is 24.1 Å². The minimum absolute atomic E-state index is 0.306. The van der Waals surface area contributed by atoms with Crippen LogP contribution in [-0.4, -0.2) is 50.8 Å². The van der Waals surface area contributed by atoms with Gasteiger partial charge in [0.2, 0.25) is 0 Å². The van der Waals surface area contributed by atoms with Crippen LogP contribution in [0, 0.1) is 5.82 Å². The molecule has 1 rings (SSSR count). The van der Waals surface area contributed by atoms with Crippen LogP contribution in [0.5, 0.6) is 0 Å². The summed E-state index contributed by atoms with van der Waals surface area (Å²) < 4.78 is 49.6. The molecule has 1 aromatic carbocycles. The molecule has 0 unspecified atom stereocenters. The van der Waals surface area contributed by atoms with Crippen LogP contribution >= 0.6 is 0 Å². The van der Waals surface area contributed by atoms with Crippen LogP contribution in [0.25, 0.3) is 0 Å². The Morgan fingerprint density at radius 1 is 1.26 bits per heavy atom. The van der Waals surface area contributed by atoms with E-state index in [9.17, 15) is 17.6 Å². The Morgan fingerprint density at radius 3 is 2.61 bits per heavy atom. The van der Waals surface area contributed by atoms with Gasteiger partial charge in [0.25, 0.3) is 0 Å². The Balaban J connectivity index is 2.24. The van der Waals surface area contributed by atoms with Crippen molar-refractivity contribution in [3.63, 3.8) is 0 Å². The lowest BCUT2D eigenvalue weighted by Gasteiger charge is -2.19. The molecule has 0 aliphatic rings. The molecule has 8 heteroatoms. The Kier molecular flexibility index (Phi) is 7.80. The van der Waals surface area contributed by atoms with Gasteiger partial charge < -0.3 is 10.6 Å². The molecule has 0 aliphatic carbocycles. The van der Waals surface area contributed by atoms with Gasteiger partial charge in [0.1, 0.15) is 5.82 Å². The predicted molar refractivity (Wildman–Crippen MR) is 82.8 cm³/mol. The molecule has 0 saturated carbocycles. The maximum atomic E-state index is 13.1. The largest absolute Gasteiger partial charge is 0.401 e. The summed E-state index contributed by atoms with van der Waals surface area (Å²) in [6.45, 7) is 0.309. The first-order chi connectivity index (χ1) is 10.8. The van der Waals surface area contributed by atoms with E-state index in [1.807, 2.05) is 0 Å². The summed E-state index contributed by atoms with van der Waals surface area (Å²) in [6, 6.07) is 6.20. The molecule has 23 heavy (non-hydrogen) atoms. The molecule has 0 radical (unpaired) electrons. The lowest BCUT2D eigenvalue weighted by Crippen LogP contribution is -2.39. The van der Waals surface area contributed by atoms with Gasteiger partial charge in [0.15, 0.2) is 5.96 Å². The summed E-state index contributed by atoms with van der Waals surface area (Å²) in [6.07, 6.45) is -3.63. The fourth-order valence-corrected chi connectivity index (χ4v) is 1.99. The van der Waals surface area contributed by atoms with Gasteiger partial charge in [-0.2, -0.15) is 13.2 Å².